The smallest absolute Gasteiger partial charge is 0.252 e. The molecule has 1 aromatic heterocycles. The molecule has 31 heavy (non-hydrogen) atoms. The van der Waals surface area contributed by atoms with Crippen molar-refractivity contribution < 1.29 is 9.21 Å². The van der Waals surface area contributed by atoms with E-state index in [4.69, 9.17) is 4.42 Å². The zero-order chi connectivity index (χ0) is 21.5. The van der Waals surface area contributed by atoms with E-state index < -0.39 is 0 Å². The maximum Gasteiger partial charge on any atom is 0.252 e. The number of carbonyl (C=O) groups excluding carboxylic acids is 1. The van der Waals surface area contributed by atoms with Crippen LogP contribution in [0.1, 0.15) is 22.3 Å². The summed E-state index contributed by atoms with van der Waals surface area (Å²) in [4.78, 5) is 17.2. The molecule has 2 N–H and O–H groups in total. The molecular formula is C26H25N3O2. The summed E-state index contributed by atoms with van der Waals surface area (Å²) in [6, 6.07) is 25.5. The first-order valence-corrected chi connectivity index (χ1v) is 10.4. The van der Waals surface area contributed by atoms with Gasteiger partial charge in [-0.15, -0.1) is 0 Å². The van der Waals surface area contributed by atoms with E-state index in [1.165, 1.54) is 5.56 Å². The monoisotopic (exact) mass is 411 g/mol. The van der Waals surface area contributed by atoms with Gasteiger partial charge in [0, 0.05) is 29.9 Å². The van der Waals surface area contributed by atoms with Gasteiger partial charge in [-0.25, -0.2) is 4.98 Å². The molecule has 156 valence electrons. The lowest BCUT2D eigenvalue weighted by Crippen LogP contribution is -2.26. The number of anilines is 1. The SMILES string of the molecule is Cc1ccc(-c2cnc(-c3ccccc3C(=O)NCCCNc3ccccc3)o2)cc1. The van der Waals surface area contributed by atoms with Crippen LogP contribution < -0.4 is 10.6 Å². The van der Waals surface area contributed by atoms with E-state index in [9.17, 15) is 4.79 Å². The third kappa shape index (κ3) is 5.20. The van der Waals surface area contributed by atoms with Crippen LogP contribution >= 0.6 is 0 Å². The Morgan fingerprint density at radius 3 is 2.45 bits per heavy atom. The third-order valence-electron chi connectivity index (χ3n) is 4.99. The number of amides is 1. The molecular weight excluding hydrogens is 386 g/mol. The number of hydrogen-bond acceptors (Lipinski definition) is 4. The zero-order valence-electron chi connectivity index (χ0n) is 17.5. The minimum atomic E-state index is -0.134. The quantitative estimate of drug-likeness (QED) is 0.373. The number of nitrogens with zero attached hydrogens (tertiary/aromatic N) is 1. The number of aromatic nitrogens is 1. The van der Waals surface area contributed by atoms with Gasteiger partial charge in [0.1, 0.15) is 0 Å². The molecule has 0 radical (unpaired) electrons. The highest BCUT2D eigenvalue weighted by Gasteiger charge is 2.16. The van der Waals surface area contributed by atoms with Crippen molar-refractivity contribution in [2.45, 2.75) is 13.3 Å². The molecule has 0 aliphatic heterocycles. The molecule has 4 aromatic rings. The van der Waals surface area contributed by atoms with Crippen molar-refractivity contribution in [1.29, 1.82) is 0 Å². The van der Waals surface area contributed by atoms with Crippen molar-refractivity contribution in [2.24, 2.45) is 0 Å². The summed E-state index contributed by atoms with van der Waals surface area (Å²) in [6.07, 6.45) is 2.52. The van der Waals surface area contributed by atoms with Crippen molar-refractivity contribution in [3.8, 4) is 22.8 Å². The van der Waals surface area contributed by atoms with Crippen LogP contribution in [0.25, 0.3) is 22.8 Å². The molecule has 5 heteroatoms. The van der Waals surface area contributed by atoms with Gasteiger partial charge in [-0.2, -0.15) is 0 Å². The van der Waals surface area contributed by atoms with Crippen LogP contribution in [0.4, 0.5) is 5.69 Å². The Hall–Kier alpha value is -3.86. The average Bonchev–Trinajstić information content (AvgIpc) is 3.30. The van der Waals surface area contributed by atoms with Gasteiger partial charge < -0.3 is 15.1 Å². The van der Waals surface area contributed by atoms with Crippen LogP contribution in [0.15, 0.2) is 89.5 Å². The maximum absolute atomic E-state index is 12.8. The van der Waals surface area contributed by atoms with Crippen molar-refractivity contribution in [3.05, 3.63) is 96.2 Å². The summed E-state index contributed by atoms with van der Waals surface area (Å²) in [7, 11) is 0. The van der Waals surface area contributed by atoms with Crippen molar-refractivity contribution in [2.75, 3.05) is 18.4 Å². The number of para-hydroxylation sites is 1. The van der Waals surface area contributed by atoms with Crippen LogP contribution in [0.3, 0.4) is 0 Å². The number of rotatable bonds is 8. The summed E-state index contributed by atoms with van der Waals surface area (Å²) in [5.41, 5.74) is 4.45. The minimum Gasteiger partial charge on any atom is -0.436 e. The highest BCUT2D eigenvalue weighted by Crippen LogP contribution is 2.28. The van der Waals surface area contributed by atoms with Crippen LogP contribution in [0.5, 0.6) is 0 Å². The summed E-state index contributed by atoms with van der Waals surface area (Å²) < 4.78 is 5.98. The Bertz CT molecular complexity index is 1130. The second kappa shape index (κ2) is 9.76. The lowest BCUT2D eigenvalue weighted by atomic mass is 10.1. The fraction of sp³-hybridized carbons (Fsp3) is 0.154. The Balaban J connectivity index is 1.39. The van der Waals surface area contributed by atoms with Gasteiger partial charge >= 0.3 is 0 Å². The first kappa shape index (κ1) is 20.4. The largest absolute Gasteiger partial charge is 0.436 e. The summed E-state index contributed by atoms with van der Waals surface area (Å²) in [5, 5.41) is 6.33. The van der Waals surface area contributed by atoms with Crippen LogP contribution in [0, 0.1) is 6.92 Å². The average molecular weight is 412 g/mol. The Labute approximate surface area is 182 Å². The molecule has 0 saturated carbocycles. The molecule has 5 nitrogen and oxygen atoms in total. The van der Waals surface area contributed by atoms with Gasteiger partial charge in [-0.3, -0.25) is 4.79 Å². The molecule has 0 fully saturated rings. The van der Waals surface area contributed by atoms with E-state index in [0.29, 0.717) is 29.3 Å². The van der Waals surface area contributed by atoms with Crippen molar-refractivity contribution >= 4 is 11.6 Å². The van der Waals surface area contributed by atoms with E-state index in [-0.39, 0.29) is 5.91 Å². The molecule has 0 atom stereocenters. The number of nitrogens with one attached hydrogen (secondary N) is 2. The van der Waals surface area contributed by atoms with Crippen LogP contribution in [-0.4, -0.2) is 24.0 Å². The molecule has 0 unspecified atom stereocenters. The maximum atomic E-state index is 12.8. The van der Waals surface area contributed by atoms with Crippen LogP contribution in [-0.2, 0) is 0 Å². The van der Waals surface area contributed by atoms with E-state index in [2.05, 4.69) is 15.6 Å². The standard InChI is InChI=1S/C26H25N3O2/c1-19-12-14-20(15-13-19)24-18-29-26(31-24)23-11-6-5-10-22(23)25(30)28-17-7-16-27-21-8-3-2-4-9-21/h2-6,8-15,18,27H,7,16-17H2,1H3,(H,28,30). The summed E-state index contributed by atoms with van der Waals surface area (Å²) in [5.74, 6) is 0.981. The first-order valence-electron chi connectivity index (χ1n) is 10.4. The highest BCUT2D eigenvalue weighted by molar-refractivity contribution is 6.00. The molecule has 0 spiro atoms. The fourth-order valence-electron chi connectivity index (χ4n) is 3.29. The Morgan fingerprint density at radius 1 is 0.903 bits per heavy atom. The number of oxazole rings is 1. The topological polar surface area (TPSA) is 67.2 Å². The Kier molecular flexibility index (Phi) is 6.43. The normalized spacial score (nSPS) is 10.6. The number of benzene rings is 3. The van der Waals surface area contributed by atoms with Gasteiger partial charge in [0.2, 0.25) is 5.89 Å². The molecule has 0 saturated heterocycles. The van der Waals surface area contributed by atoms with Crippen molar-refractivity contribution in [3.63, 3.8) is 0 Å². The first-order chi connectivity index (χ1) is 15.2. The van der Waals surface area contributed by atoms with Crippen molar-refractivity contribution in [1.82, 2.24) is 10.3 Å². The lowest BCUT2D eigenvalue weighted by molar-refractivity contribution is 0.0954. The number of aryl methyl sites for hydroxylation is 1. The summed E-state index contributed by atoms with van der Waals surface area (Å²) in [6.45, 7) is 3.40. The van der Waals surface area contributed by atoms with Gasteiger partial charge in [0.25, 0.3) is 5.91 Å². The van der Waals surface area contributed by atoms with Gasteiger partial charge in [-0.05, 0) is 37.6 Å². The summed E-state index contributed by atoms with van der Waals surface area (Å²) >= 11 is 0. The van der Waals surface area contributed by atoms with E-state index in [1.807, 2.05) is 79.7 Å². The van der Waals surface area contributed by atoms with Gasteiger partial charge in [0.05, 0.1) is 11.8 Å². The van der Waals surface area contributed by atoms with Crippen LogP contribution in [0.2, 0.25) is 0 Å². The zero-order valence-corrected chi connectivity index (χ0v) is 17.5. The van der Waals surface area contributed by atoms with E-state index in [0.717, 1.165) is 24.2 Å². The van der Waals surface area contributed by atoms with E-state index >= 15 is 0 Å². The third-order valence-corrected chi connectivity index (χ3v) is 4.99. The Morgan fingerprint density at radius 2 is 1.65 bits per heavy atom. The molecule has 0 bridgehead atoms. The number of hydrogen-bond donors (Lipinski definition) is 2. The van der Waals surface area contributed by atoms with Gasteiger partial charge in [-0.1, -0.05) is 60.2 Å². The molecule has 0 aliphatic rings. The van der Waals surface area contributed by atoms with E-state index in [1.54, 1.807) is 12.3 Å². The molecule has 1 heterocycles. The lowest BCUT2D eigenvalue weighted by Gasteiger charge is -2.09. The number of carbonyl (C=O) groups is 1. The second-order valence-electron chi connectivity index (χ2n) is 7.34. The highest BCUT2D eigenvalue weighted by atomic mass is 16.4. The second-order valence-corrected chi connectivity index (χ2v) is 7.34. The fourth-order valence-corrected chi connectivity index (χ4v) is 3.29. The molecule has 0 aliphatic carbocycles. The molecule has 3 aromatic carbocycles. The minimum absolute atomic E-state index is 0.134. The van der Waals surface area contributed by atoms with Gasteiger partial charge in [0.15, 0.2) is 5.76 Å². The predicted molar refractivity (Wildman–Crippen MR) is 124 cm³/mol. The molecule has 4 rings (SSSR count). The molecule has 1 amide bonds. The predicted octanol–water partition coefficient (Wildman–Crippen LogP) is 5.55.